The molecule has 2 unspecified atom stereocenters. The minimum Gasteiger partial charge on any atom is -0.338 e. The molecule has 1 aromatic carbocycles. The Morgan fingerprint density at radius 3 is 2.63 bits per heavy atom. The van der Waals surface area contributed by atoms with Gasteiger partial charge in [0.05, 0.1) is 5.70 Å². The predicted molar refractivity (Wildman–Crippen MR) is 128 cm³/mol. The van der Waals surface area contributed by atoms with E-state index < -0.39 is 0 Å². The van der Waals surface area contributed by atoms with Gasteiger partial charge in [-0.2, -0.15) is 0 Å². The van der Waals surface area contributed by atoms with Crippen LogP contribution in [-0.4, -0.2) is 16.7 Å². The molecule has 0 amide bonds. The summed E-state index contributed by atoms with van der Waals surface area (Å²) in [6, 6.07) is 6.93. The topological polar surface area (TPSA) is 20.3 Å². The van der Waals surface area contributed by atoms with E-state index in [4.69, 9.17) is 0 Å². The Bertz CT molecular complexity index is 999. The van der Waals surface area contributed by atoms with Crippen molar-refractivity contribution in [1.29, 1.82) is 0 Å². The van der Waals surface area contributed by atoms with E-state index in [1.165, 1.54) is 27.8 Å². The summed E-state index contributed by atoms with van der Waals surface area (Å²) >= 11 is 0. The molecule has 0 saturated carbocycles. The maximum absolute atomic E-state index is 12.2. The molecule has 1 aliphatic carbocycles. The van der Waals surface area contributed by atoms with Crippen molar-refractivity contribution < 1.29 is 4.79 Å². The number of benzene rings is 1. The number of ketones is 1. The van der Waals surface area contributed by atoms with Crippen molar-refractivity contribution in [2.45, 2.75) is 53.5 Å². The molecule has 2 aliphatic rings. The van der Waals surface area contributed by atoms with Crippen LogP contribution in [0, 0.1) is 12.8 Å². The van der Waals surface area contributed by atoms with E-state index in [9.17, 15) is 4.79 Å². The largest absolute Gasteiger partial charge is 0.338 e. The van der Waals surface area contributed by atoms with Crippen molar-refractivity contribution in [2.75, 3.05) is 0 Å². The molecular formula is C28H33NO. The summed E-state index contributed by atoms with van der Waals surface area (Å²) in [5.74, 6) is 0.592. The number of rotatable bonds is 6. The molecule has 2 atom stereocenters. The van der Waals surface area contributed by atoms with Crippen LogP contribution in [0.25, 0.3) is 5.57 Å². The molecule has 2 heteroatoms. The fourth-order valence-corrected chi connectivity index (χ4v) is 4.30. The first kappa shape index (κ1) is 21.8. The van der Waals surface area contributed by atoms with E-state index in [1.807, 2.05) is 19.1 Å². The van der Waals surface area contributed by atoms with Crippen molar-refractivity contribution in [3.63, 3.8) is 0 Å². The normalized spacial score (nSPS) is 21.7. The van der Waals surface area contributed by atoms with Crippen LogP contribution in [0.15, 0.2) is 84.3 Å². The zero-order chi connectivity index (χ0) is 21.8. The third kappa shape index (κ3) is 4.48. The SMILES string of the molecule is C=CCc1ccc(C2=C(C3=CN(/C(=C\C)C(C)=O)C(C)C=C3)C=CC(C)C2)cc1C. The van der Waals surface area contributed by atoms with Gasteiger partial charge in [0.2, 0.25) is 0 Å². The average Bonchev–Trinajstić information content (AvgIpc) is 2.71. The summed E-state index contributed by atoms with van der Waals surface area (Å²) in [4.78, 5) is 14.2. The summed E-state index contributed by atoms with van der Waals surface area (Å²) in [5, 5.41) is 0. The Balaban J connectivity index is 2.10. The lowest BCUT2D eigenvalue weighted by atomic mass is 9.82. The van der Waals surface area contributed by atoms with E-state index >= 15 is 0 Å². The highest BCUT2D eigenvalue weighted by Gasteiger charge is 2.23. The van der Waals surface area contributed by atoms with E-state index in [-0.39, 0.29) is 11.8 Å². The highest BCUT2D eigenvalue weighted by atomic mass is 16.1. The standard InChI is InChI=1S/C28H33NO/c1-7-9-23-13-14-24(17-20(23)4)27-16-19(3)10-15-26(27)25-12-11-21(5)29(18-25)28(8-2)22(6)30/h7-8,10-15,17-19,21H,1,9,16H2,2-6H3/b28-8-. The fraction of sp³-hybridized carbons (Fsp3) is 0.321. The summed E-state index contributed by atoms with van der Waals surface area (Å²) in [6.45, 7) is 14.0. The van der Waals surface area contributed by atoms with Gasteiger partial charge in [0, 0.05) is 19.2 Å². The first-order valence-corrected chi connectivity index (χ1v) is 10.8. The smallest absolute Gasteiger partial charge is 0.175 e. The lowest BCUT2D eigenvalue weighted by molar-refractivity contribution is -0.114. The van der Waals surface area contributed by atoms with Crippen LogP contribution in [-0.2, 0) is 11.2 Å². The van der Waals surface area contributed by atoms with E-state index in [0.717, 1.165) is 24.1 Å². The number of nitrogens with zero attached hydrogens (tertiary/aromatic N) is 1. The third-order valence-electron chi connectivity index (χ3n) is 5.99. The number of Topliss-reactive ketones (excluding diaryl/α,β-unsaturated/α-hetero) is 1. The van der Waals surface area contributed by atoms with Gasteiger partial charge in [0.25, 0.3) is 0 Å². The highest BCUT2D eigenvalue weighted by molar-refractivity contribution is 5.93. The maximum Gasteiger partial charge on any atom is 0.175 e. The van der Waals surface area contributed by atoms with Crippen LogP contribution in [0.2, 0.25) is 0 Å². The van der Waals surface area contributed by atoms with Crippen molar-refractivity contribution >= 4 is 11.4 Å². The van der Waals surface area contributed by atoms with Gasteiger partial charge in [-0.05, 0) is 72.9 Å². The minimum atomic E-state index is 0.0886. The molecule has 1 heterocycles. The van der Waals surface area contributed by atoms with Gasteiger partial charge in [0.15, 0.2) is 5.78 Å². The van der Waals surface area contributed by atoms with Gasteiger partial charge in [-0.3, -0.25) is 4.79 Å². The second-order valence-corrected chi connectivity index (χ2v) is 8.39. The molecule has 1 aromatic rings. The van der Waals surface area contributed by atoms with Gasteiger partial charge in [0.1, 0.15) is 0 Å². The van der Waals surface area contributed by atoms with Crippen molar-refractivity contribution in [1.82, 2.24) is 4.90 Å². The lowest BCUT2D eigenvalue weighted by Gasteiger charge is -2.32. The van der Waals surface area contributed by atoms with Gasteiger partial charge in [-0.25, -0.2) is 0 Å². The lowest BCUT2D eigenvalue weighted by Crippen LogP contribution is -2.31. The van der Waals surface area contributed by atoms with E-state index in [2.05, 4.69) is 81.0 Å². The zero-order valence-electron chi connectivity index (χ0n) is 18.9. The molecular weight excluding hydrogens is 366 g/mol. The Labute approximate surface area is 181 Å². The molecule has 0 fully saturated rings. The number of carbonyl (C=O) groups is 1. The predicted octanol–water partition coefficient (Wildman–Crippen LogP) is 6.71. The second kappa shape index (κ2) is 9.30. The molecule has 156 valence electrons. The number of hydrogen-bond donors (Lipinski definition) is 0. The summed E-state index contributed by atoms with van der Waals surface area (Å²) < 4.78 is 0. The first-order chi connectivity index (χ1) is 14.3. The molecule has 30 heavy (non-hydrogen) atoms. The van der Waals surface area contributed by atoms with Crippen LogP contribution in [0.4, 0.5) is 0 Å². The van der Waals surface area contributed by atoms with Crippen molar-refractivity contribution in [3.8, 4) is 0 Å². The third-order valence-corrected chi connectivity index (χ3v) is 5.99. The van der Waals surface area contributed by atoms with Gasteiger partial charge >= 0.3 is 0 Å². The fourth-order valence-electron chi connectivity index (χ4n) is 4.30. The molecule has 0 saturated heterocycles. The van der Waals surface area contributed by atoms with Crippen molar-refractivity contribution in [2.24, 2.45) is 5.92 Å². The maximum atomic E-state index is 12.2. The van der Waals surface area contributed by atoms with E-state index in [1.54, 1.807) is 6.92 Å². The van der Waals surface area contributed by atoms with Crippen LogP contribution in [0.3, 0.4) is 0 Å². The summed E-state index contributed by atoms with van der Waals surface area (Å²) in [5.41, 5.74) is 8.42. The summed E-state index contributed by atoms with van der Waals surface area (Å²) in [6.07, 6.45) is 16.8. The van der Waals surface area contributed by atoms with Gasteiger partial charge in [-0.15, -0.1) is 6.58 Å². The molecule has 0 spiro atoms. The van der Waals surface area contributed by atoms with Crippen LogP contribution >= 0.6 is 0 Å². The Morgan fingerprint density at radius 1 is 1.23 bits per heavy atom. The number of hydrogen-bond acceptors (Lipinski definition) is 2. The number of carbonyl (C=O) groups excluding carboxylic acids is 1. The summed E-state index contributed by atoms with van der Waals surface area (Å²) in [7, 11) is 0. The zero-order valence-corrected chi connectivity index (χ0v) is 18.9. The molecule has 0 bridgehead atoms. The van der Waals surface area contributed by atoms with Crippen LogP contribution in [0.5, 0.6) is 0 Å². The van der Waals surface area contributed by atoms with Crippen molar-refractivity contribution in [3.05, 3.63) is 101 Å². The Hall–Kier alpha value is -2.87. The molecule has 1 aliphatic heterocycles. The number of aryl methyl sites for hydroxylation is 1. The number of allylic oxidation sites excluding steroid dienone is 9. The van der Waals surface area contributed by atoms with Crippen LogP contribution in [0.1, 0.15) is 50.8 Å². The van der Waals surface area contributed by atoms with E-state index in [0.29, 0.717) is 5.92 Å². The first-order valence-electron chi connectivity index (χ1n) is 10.8. The Kier molecular flexibility index (Phi) is 6.77. The average molecular weight is 400 g/mol. The van der Waals surface area contributed by atoms with Gasteiger partial charge in [-0.1, -0.05) is 61.6 Å². The molecule has 0 aromatic heterocycles. The molecule has 2 nitrogen and oxygen atoms in total. The monoisotopic (exact) mass is 399 g/mol. The molecule has 0 radical (unpaired) electrons. The van der Waals surface area contributed by atoms with Gasteiger partial charge < -0.3 is 4.90 Å². The highest BCUT2D eigenvalue weighted by Crippen LogP contribution is 2.37. The quantitative estimate of drug-likeness (QED) is 0.391. The Morgan fingerprint density at radius 2 is 2.00 bits per heavy atom. The van der Waals surface area contributed by atoms with Crippen LogP contribution < -0.4 is 0 Å². The molecule has 3 rings (SSSR count). The molecule has 0 N–H and O–H groups in total. The minimum absolute atomic E-state index is 0.0886. The second-order valence-electron chi connectivity index (χ2n) is 8.39.